The van der Waals surface area contributed by atoms with Gasteiger partial charge in [-0.25, -0.2) is 0 Å². The van der Waals surface area contributed by atoms with Gasteiger partial charge in [0.2, 0.25) is 0 Å². The van der Waals surface area contributed by atoms with Crippen LogP contribution in [0.2, 0.25) is 0 Å². The van der Waals surface area contributed by atoms with Gasteiger partial charge in [-0.1, -0.05) is 12.1 Å². The van der Waals surface area contributed by atoms with Gasteiger partial charge in [0, 0.05) is 0 Å². The maximum atomic E-state index is 11.9. The number of benzene rings is 1. The molecule has 0 amide bonds. The lowest BCUT2D eigenvalue weighted by atomic mass is 9.79. The van der Waals surface area contributed by atoms with Crippen molar-refractivity contribution in [2.75, 3.05) is 26.9 Å². The Labute approximate surface area is 112 Å². The third-order valence-corrected chi connectivity index (χ3v) is 3.89. The van der Waals surface area contributed by atoms with Gasteiger partial charge in [0.1, 0.15) is 11.2 Å². The van der Waals surface area contributed by atoms with Gasteiger partial charge in [-0.05, 0) is 36.5 Å². The molecule has 0 spiro atoms. The smallest absolute Gasteiger partial charge is 0.316 e. The Hall–Kier alpha value is -1.55. The number of aryl methyl sites for hydroxylation is 1. The molecule has 1 aromatic carbocycles. The third-order valence-electron chi connectivity index (χ3n) is 3.89. The van der Waals surface area contributed by atoms with E-state index < -0.39 is 5.41 Å². The Balaban J connectivity index is 1.81. The second kappa shape index (κ2) is 4.85. The highest BCUT2D eigenvalue weighted by Gasteiger charge is 2.47. The summed E-state index contributed by atoms with van der Waals surface area (Å²) in [6.45, 7) is 1.70. The van der Waals surface area contributed by atoms with Crippen LogP contribution in [0.4, 0.5) is 0 Å². The quantitative estimate of drug-likeness (QED) is 0.778. The molecule has 0 unspecified atom stereocenters. The molecule has 2 aliphatic heterocycles. The lowest BCUT2D eigenvalue weighted by Crippen LogP contribution is -2.51. The zero-order chi connectivity index (χ0) is 13.3. The fraction of sp³-hybridized carbons (Fsp3) is 0.533. The van der Waals surface area contributed by atoms with Gasteiger partial charge in [0.25, 0.3) is 0 Å². The van der Waals surface area contributed by atoms with E-state index in [0.29, 0.717) is 19.6 Å². The zero-order valence-corrected chi connectivity index (χ0v) is 11.1. The molecule has 0 aromatic heterocycles. The van der Waals surface area contributed by atoms with Gasteiger partial charge < -0.3 is 14.2 Å². The molecular formula is C15H18O4. The van der Waals surface area contributed by atoms with Crippen LogP contribution >= 0.6 is 0 Å². The Morgan fingerprint density at radius 1 is 1.42 bits per heavy atom. The van der Waals surface area contributed by atoms with E-state index in [-0.39, 0.29) is 5.97 Å². The molecule has 2 heterocycles. The van der Waals surface area contributed by atoms with E-state index in [0.717, 1.165) is 30.8 Å². The lowest BCUT2D eigenvalue weighted by molar-refractivity contribution is -0.182. The minimum atomic E-state index is -0.488. The Bertz CT molecular complexity index is 491. The first-order chi connectivity index (χ1) is 9.23. The van der Waals surface area contributed by atoms with Crippen LogP contribution in [0.25, 0.3) is 0 Å². The maximum absolute atomic E-state index is 11.9. The Kier molecular flexibility index (Phi) is 3.19. The maximum Gasteiger partial charge on any atom is 0.316 e. The molecule has 19 heavy (non-hydrogen) atoms. The fourth-order valence-electron chi connectivity index (χ4n) is 2.77. The Morgan fingerprint density at radius 3 is 2.95 bits per heavy atom. The minimum Gasteiger partial charge on any atom is -0.493 e. The summed E-state index contributed by atoms with van der Waals surface area (Å²) in [6.07, 6.45) is 2.78. The Morgan fingerprint density at radius 2 is 2.26 bits per heavy atom. The molecule has 0 radical (unpaired) electrons. The van der Waals surface area contributed by atoms with Crippen LogP contribution in [0.3, 0.4) is 0 Å². The van der Waals surface area contributed by atoms with Gasteiger partial charge in [0.15, 0.2) is 0 Å². The van der Waals surface area contributed by atoms with Crippen LogP contribution in [-0.4, -0.2) is 32.9 Å². The van der Waals surface area contributed by atoms with Crippen LogP contribution in [0.15, 0.2) is 18.2 Å². The molecule has 0 saturated carbocycles. The highest BCUT2D eigenvalue weighted by atomic mass is 16.5. The molecule has 1 aromatic rings. The average molecular weight is 262 g/mol. The molecule has 0 atom stereocenters. The van der Waals surface area contributed by atoms with E-state index >= 15 is 0 Å². The van der Waals surface area contributed by atoms with Gasteiger partial charge >= 0.3 is 5.97 Å². The molecular weight excluding hydrogens is 244 g/mol. The summed E-state index contributed by atoms with van der Waals surface area (Å²) in [6, 6.07) is 6.19. The summed E-state index contributed by atoms with van der Waals surface area (Å²) in [5.74, 6) is 0.805. The molecule has 4 nitrogen and oxygen atoms in total. The number of carbonyl (C=O) groups is 1. The highest BCUT2D eigenvalue weighted by Crippen LogP contribution is 2.35. The van der Waals surface area contributed by atoms with E-state index in [1.54, 1.807) is 0 Å². The molecule has 1 fully saturated rings. The molecule has 0 N–H and O–H groups in total. The number of hydrogen-bond donors (Lipinski definition) is 0. The van der Waals surface area contributed by atoms with Crippen molar-refractivity contribution in [3.63, 3.8) is 0 Å². The van der Waals surface area contributed by atoms with Gasteiger partial charge in [0.05, 0.1) is 26.9 Å². The summed E-state index contributed by atoms with van der Waals surface area (Å²) in [5, 5.41) is 0. The summed E-state index contributed by atoms with van der Waals surface area (Å²) < 4.78 is 15.7. The van der Waals surface area contributed by atoms with Crippen molar-refractivity contribution >= 4 is 5.97 Å². The van der Waals surface area contributed by atoms with Crippen molar-refractivity contribution in [1.82, 2.24) is 0 Å². The molecule has 0 aliphatic carbocycles. The first-order valence-electron chi connectivity index (χ1n) is 6.64. The first kappa shape index (κ1) is 12.5. The largest absolute Gasteiger partial charge is 0.493 e. The molecule has 1 saturated heterocycles. The standard InChI is InChI=1S/C15H18O4/c1-17-14(16)15(9-18-10-15)8-11-4-5-13-12(7-11)3-2-6-19-13/h4-5,7H,2-3,6,8-10H2,1H3. The third kappa shape index (κ3) is 2.21. The van der Waals surface area contributed by atoms with Crippen molar-refractivity contribution < 1.29 is 19.0 Å². The van der Waals surface area contributed by atoms with E-state index in [9.17, 15) is 4.79 Å². The van der Waals surface area contributed by atoms with Crippen molar-refractivity contribution in [3.05, 3.63) is 29.3 Å². The topological polar surface area (TPSA) is 44.8 Å². The summed E-state index contributed by atoms with van der Waals surface area (Å²) >= 11 is 0. The second-order valence-electron chi connectivity index (χ2n) is 5.34. The zero-order valence-electron chi connectivity index (χ0n) is 11.1. The van der Waals surface area contributed by atoms with Crippen molar-refractivity contribution in [2.24, 2.45) is 5.41 Å². The number of methoxy groups -OCH3 is 1. The molecule has 102 valence electrons. The molecule has 0 bridgehead atoms. The van der Waals surface area contributed by atoms with Gasteiger partial charge in [-0.2, -0.15) is 0 Å². The summed E-state index contributed by atoms with van der Waals surface area (Å²) in [5.41, 5.74) is 1.90. The SMILES string of the molecule is COC(=O)C1(Cc2ccc3c(c2)CCCO3)COC1. The predicted octanol–water partition coefficient (Wildman–Crippen LogP) is 1.74. The van der Waals surface area contributed by atoms with Crippen LogP contribution in [0.5, 0.6) is 5.75 Å². The van der Waals surface area contributed by atoms with Crippen LogP contribution in [0.1, 0.15) is 17.5 Å². The predicted molar refractivity (Wildman–Crippen MR) is 69.2 cm³/mol. The first-order valence-corrected chi connectivity index (χ1v) is 6.64. The number of rotatable bonds is 3. The summed E-state index contributed by atoms with van der Waals surface area (Å²) in [7, 11) is 1.43. The molecule has 4 heteroatoms. The molecule has 3 rings (SSSR count). The average Bonchev–Trinajstić information content (AvgIpc) is 2.42. The van der Waals surface area contributed by atoms with Crippen molar-refractivity contribution in [3.8, 4) is 5.75 Å². The van der Waals surface area contributed by atoms with E-state index in [2.05, 4.69) is 6.07 Å². The second-order valence-corrected chi connectivity index (χ2v) is 5.34. The number of carbonyl (C=O) groups excluding carboxylic acids is 1. The number of esters is 1. The lowest BCUT2D eigenvalue weighted by Gasteiger charge is -2.38. The fourth-order valence-corrected chi connectivity index (χ4v) is 2.77. The van der Waals surface area contributed by atoms with Crippen LogP contribution < -0.4 is 4.74 Å². The van der Waals surface area contributed by atoms with Crippen LogP contribution in [0, 0.1) is 5.41 Å². The minimum absolute atomic E-state index is 0.173. The number of hydrogen-bond acceptors (Lipinski definition) is 4. The van der Waals surface area contributed by atoms with E-state index in [1.807, 2.05) is 12.1 Å². The van der Waals surface area contributed by atoms with Crippen molar-refractivity contribution in [1.29, 1.82) is 0 Å². The van der Waals surface area contributed by atoms with Gasteiger partial charge in [-0.3, -0.25) is 4.79 Å². The highest BCUT2D eigenvalue weighted by molar-refractivity contribution is 5.78. The van der Waals surface area contributed by atoms with Crippen molar-refractivity contribution in [2.45, 2.75) is 19.3 Å². The molecule has 2 aliphatic rings. The number of fused-ring (bicyclic) bond motifs is 1. The monoisotopic (exact) mass is 262 g/mol. The summed E-state index contributed by atoms with van der Waals surface area (Å²) in [4.78, 5) is 11.9. The normalized spacial score (nSPS) is 19.8. The van der Waals surface area contributed by atoms with Gasteiger partial charge in [-0.15, -0.1) is 0 Å². The number of ether oxygens (including phenoxy) is 3. The van der Waals surface area contributed by atoms with E-state index in [4.69, 9.17) is 14.2 Å². The van der Waals surface area contributed by atoms with Crippen LogP contribution in [-0.2, 0) is 27.1 Å². The van der Waals surface area contributed by atoms with E-state index in [1.165, 1.54) is 12.7 Å².